The molecule has 0 spiro atoms. The van der Waals surface area contributed by atoms with Gasteiger partial charge in [-0.2, -0.15) is 0 Å². The van der Waals surface area contributed by atoms with Gasteiger partial charge >= 0.3 is 0 Å². The van der Waals surface area contributed by atoms with Crippen molar-refractivity contribution in [3.8, 4) is 5.75 Å². The van der Waals surface area contributed by atoms with E-state index in [1.54, 1.807) is 35.8 Å². The van der Waals surface area contributed by atoms with Crippen LogP contribution < -0.4 is 4.74 Å². The van der Waals surface area contributed by atoms with Crippen molar-refractivity contribution < 1.29 is 9.53 Å². The van der Waals surface area contributed by atoms with Gasteiger partial charge in [0.1, 0.15) is 12.4 Å². The van der Waals surface area contributed by atoms with Gasteiger partial charge in [0.05, 0.1) is 6.54 Å². The van der Waals surface area contributed by atoms with Gasteiger partial charge in [0.15, 0.2) is 0 Å². The van der Waals surface area contributed by atoms with Crippen LogP contribution in [0.4, 0.5) is 0 Å². The maximum absolute atomic E-state index is 12.6. The van der Waals surface area contributed by atoms with E-state index in [0.717, 1.165) is 16.0 Å². The van der Waals surface area contributed by atoms with E-state index in [9.17, 15) is 4.79 Å². The minimum atomic E-state index is 0.00749. The predicted octanol–water partition coefficient (Wildman–Crippen LogP) is 4.52. The van der Waals surface area contributed by atoms with Gasteiger partial charge in [-0.15, -0.1) is 11.8 Å². The second-order valence-electron chi connectivity index (χ2n) is 5.21. The summed E-state index contributed by atoms with van der Waals surface area (Å²) in [5.74, 6) is 0.715. The first-order chi connectivity index (χ1) is 11.0. The molecule has 0 bridgehead atoms. The molecular formula is C18H20ClNO2S. The number of likely N-dealkylation sites (N-methyl/N-ethyl adjacent to an activating group) is 1. The molecule has 2 aromatic rings. The van der Waals surface area contributed by atoms with Crippen molar-refractivity contribution >= 4 is 29.3 Å². The van der Waals surface area contributed by atoms with Crippen LogP contribution in [0.5, 0.6) is 5.75 Å². The van der Waals surface area contributed by atoms with Gasteiger partial charge in [-0.25, -0.2) is 0 Å². The molecule has 0 aliphatic heterocycles. The standard InChI is InChI=1S/C18H20ClNO2S/c1-13-7-8-16(23-3)12-17(13)18(21)20(2)9-10-22-15-6-4-5-14(19)11-15/h4-8,11-12H,9-10H2,1-3H3. The third-order valence-electron chi connectivity index (χ3n) is 3.51. The number of hydrogen-bond acceptors (Lipinski definition) is 3. The van der Waals surface area contributed by atoms with Gasteiger partial charge in [-0.3, -0.25) is 4.79 Å². The summed E-state index contributed by atoms with van der Waals surface area (Å²) in [7, 11) is 1.79. The Hall–Kier alpha value is -1.65. The molecule has 0 saturated heterocycles. The van der Waals surface area contributed by atoms with Crippen molar-refractivity contribution in [1.29, 1.82) is 0 Å². The quantitative estimate of drug-likeness (QED) is 0.718. The molecule has 0 saturated carbocycles. The van der Waals surface area contributed by atoms with E-state index < -0.39 is 0 Å². The van der Waals surface area contributed by atoms with Crippen molar-refractivity contribution in [2.45, 2.75) is 11.8 Å². The molecule has 23 heavy (non-hydrogen) atoms. The van der Waals surface area contributed by atoms with Crippen LogP contribution in [0.25, 0.3) is 0 Å². The molecule has 0 fully saturated rings. The van der Waals surface area contributed by atoms with E-state index in [0.29, 0.717) is 23.9 Å². The Morgan fingerprint density at radius 2 is 2.04 bits per heavy atom. The predicted molar refractivity (Wildman–Crippen MR) is 96.9 cm³/mol. The largest absolute Gasteiger partial charge is 0.492 e. The fourth-order valence-electron chi connectivity index (χ4n) is 2.12. The van der Waals surface area contributed by atoms with E-state index in [1.807, 2.05) is 43.5 Å². The fourth-order valence-corrected chi connectivity index (χ4v) is 2.74. The zero-order valence-electron chi connectivity index (χ0n) is 13.5. The number of nitrogens with zero attached hydrogens (tertiary/aromatic N) is 1. The van der Waals surface area contributed by atoms with Crippen LogP contribution in [0.15, 0.2) is 47.4 Å². The number of halogens is 1. The molecule has 2 rings (SSSR count). The van der Waals surface area contributed by atoms with Crippen molar-refractivity contribution in [3.63, 3.8) is 0 Å². The van der Waals surface area contributed by atoms with Gasteiger partial charge in [-0.05, 0) is 49.1 Å². The smallest absolute Gasteiger partial charge is 0.254 e. The highest BCUT2D eigenvalue weighted by Crippen LogP contribution is 2.20. The molecule has 0 radical (unpaired) electrons. The van der Waals surface area contributed by atoms with Gasteiger partial charge in [0, 0.05) is 22.5 Å². The van der Waals surface area contributed by atoms with E-state index in [-0.39, 0.29) is 5.91 Å². The number of amides is 1. The summed E-state index contributed by atoms with van der Waals surface area (Å²) in [4.78, 5) is 15.3. The molecule has 0 aliphatic rings. The Morgan fingerprint density at radius 3 is 2.74 bits per heavy atom. The molecule has 0 unspecified atom stereocenters. The van der Waals surface area contributed by atoms with Gasteiger partial charge < -0.3 is 9.64 Å². The Morgan fingerprint density at radius 1 is 1.26 bits per heavy atom. The van der Waals surface area contributed by atoms with Gasteiger partial charge in [0.2, 0.25) is 0 Å². The number of carbonyl (C=O) groups excluding carboxylic acids is 1. The Balaban J connectivity index is 1.95. The average Bonchev–Trinajstić information content (AvgIpc) is 2.54. The summed E-state index contributed by atoms with van der Waals surface area (Å²) in [6.07, 6.45) is 2.00. The molecule has 0 atom stereocenters. The highest BCUT2D eigenvalue weighted by atomic mass is 35.5. The Labute approximate surface area is 146 Å². The average molecular weight is 350 g/mol. The lowest BCUT2D eigenvalue weighted by molar-refractivity contribution is 0.0773. The summed E-state index contributed by atoms with van der Waals surface area (Å²) in [5.41, 5.74) is 1.72. The first kappa shape index (κ1) is 17.7. The third-order valence-corrected chi connectivity index (χ3v) is 4.47. The maximum Gasteiger partial charge on any atom is 0.254 e. The summed E-state index contributed by atoms with van der Waals surface area (Å²) < 4.78 is 5.64. The second-order valence-corrected chi connectivity index (χ2v) is 6.53. The molecular weight excluding hydrogens is 330 g/mol. The summed E-state index contributed by atoms with van der Waals surface area (Å²) >= 11 is 7.55. The number of benzene rings is 2. The molecule has 2 aromatic carbocycles. The van der Waals surface area contributed by atoms with Crippen molar-refractivity contribution in [1.82, 2.24) is 4.90 Å². The van der Waals surface area contributed by atoms with Crippen LogP contribution in [0.2, 0.25) is 5.02 Å². The number of rotatable bonds is 6. The minimum absolute atomic E-state index is 0.00749. The summed E-state index contributed by atoms with van der Waals surface area (Å²) in [5, 5.41) is 0.636. The van der Waals surface area contributed by atoms with E-state index in [4.69, 9.17) is 16.3 Å². The summed E-state index contributed by atoms with van der Waals surface area (Å²) in [6, 6.07) is 13.2. The van der Waals surface area contributed by atoms with E-state index >= 15 is 0 Å². The lowest BCUT2D eigenvalue weighted by Gasteiger charge is -2.19. The van der Waals surface area contributed by atoms with E-state index in [2.05, 4.69) is 0 Å². The van der Waals surface area contributed by atoms with Crippen LogP contribution in [0.1, 0.15) is 15.9 Å². The molecule has 0 aliphatic carbocycles. The van der Waals surface area contributed by atoms with Crippen LogP contribution >= 0.6 is 23.4 Å². The minimum Gasteiger partial charge on any atom is -0.492 e. The van der Waals surface area contributed by atoms with Gasteiger partial charge in [-0.1, -0.05) is 23.7 Å². The lowest BCUT2D eigenvalue weighted by atomic mass is 10.1. The second kappa shape index (κ2) is 8.27. The lowest BCUT2D eigenvalue weighted by Crippen LogP contribution is -2.31. The Kier molecular flexibility index (Phi) is 6.37. The van der Waals surface area contributed by atoms with E-state index in [1.165, 1.54) is 0 Å². The Bertz CT molecular complexity index is 690. The maximum atomic E-state index is 12.6. The molecule has 122 valence electrons. The zero-order chi connectivity index (χ0) is 16.8. The van der Waals surface area contributed by atoms with Crippen LogP contribution in [0, 0.1) is 6.92 Å². The highest BCUT2D eigenvalue weighted by Gasteiger charge is 2.14. The van der Waals surface area contributed by atoms with Crippen molar-refractivity contribution in [3.05, 3.63) is 58.6 Å². The van der Waals surface area contributed by atoms with Crippen LogP contribution in [0.3, 0.4) is 0 Å². The molecule has 1 amide bonds. The topological polar surface area (TPSA) is 29.5 Å². The SMILES string of the molecule is CSc1ccc(C)c(C(=O)N(C)CCOc2cccc(Cl)c2)c1. The van der Waals surface area contributed by atoms with Gasteiger partial charge in [0.25, 0.3) is 5.91 Å². The number of aryl methyl sites for hydroxylation is 1. The normalized spacial score (nSPS) is 10.4. The number of ether oxygens (including phenoxy) is 1. The number of hydrogen-bond donors (Lipinski definition) is 0. The first-order valence-electron chi connectivity index (χ1n) is 7.29. The van der Waals surface area contributed by atoms with Crippen LogP contribution in [-0.2, 0) is 0 Å². The first-order valence-corrected chi connectivity index (χ1v) is 8.90. The zero-order valence-corrected chi connectivity index (χ0v) is 15.1. The monoisotopic (exact) mass is 349 g/mol. The summed E-state index contributed by atoms with van der Waals surface area (Å²) in [6.45, 7) is 2.88. The fraction of sp³-hybridized carbons (Fsp3) is 0.278. The molecule has 0 aromatic heterocycles. The molecule has 5 heteroatoms. The molecule has 0 N–H and O–H groups in total. The van der Waals surface area contributed by atoms with Crippen molar-refractivity contribution in [2.75, 3.05) is 26.5 Å². The third kappa shape index (κ3) is 4.91. The number of carbonyl (C=O) groups is 1. The molecule has 3 nitrogen and oxygen atoms in total. The number of thioether (sulfide) groups is 1. The highest BCUT2D eigenvalue weighted by molar-refractivity contribution is 7.98. The van der Waals surface area contributed by atoms with Crippen LogP contribution in [-0.4, -0.2) is 37.3 Å². The van der Waals surface area contributed by atoms with Crippen molar-refractivity contribution in [2.24, 2.45) is 0 Å². The molecule has 0 heterocycles.